The maximum Gasteiger partial charge on any atom is 0.194 e. The number of aliphatic imine (C=N–C) groups is 1. The van der Waals surface area contributed by atoms with Gasteiger partial charge in [-0.2, -0.15) is 0 Å². The van der Waals surface area contributed by atoms with Crippen LogP contribution >= 0.6 is 0 Å². The molecule has 6 nitrogen and oxygen atoms in total. The first-order valence-electron chi connectivity index (χ1n) is 10.6. The molecule has 2 fully saturated rings. The van der Waals surface area contributed by atoms with Crippen molar-refractivity contribution in [2.75, 3.05) is 46.0 Å². The summed E-state index contributed by atoms with van der Waals surface area (Å²) in [6.07, 6.45) is 3.72. The first-order valence-corrected chi connectivity index (χ1v) is 10.6. The highest BCUT2D eigenvalue weighted by molar-refractivity contribution is 5.80. The van der Waals surface area contributed by atoms with E-state index in [9.17, 15) is 0 Å². The van der Waals surface area contributed by atoms with Gasteiger partial charge in [0, 0.05) is 38.6 Å². The smallest absolute Gasteiger partial charge is 0.194 e. The molecule has 0 bridgehead atoms. The van der Waals surface area contributed by atoms with Crippen LogP contribution in [0.25, 0.3) is 0 Å². The highest BCUT2D eigenvalue weighted by Gasteiger charge is 2.25. The number of guanidine groups is 1. The molecule has 156 valence electrons. The van der Waals surface area contributed by atoms with Gasteiger partial charge in [-0.3, -0.25) is 4.99 Å². The Labute approximate surface area is 172 Å². The molecule has 1 aromatic carbocycles. The first-order chi connectivity index (χ1) is 14.3. The standard InChI is InChI=1S/C23H31N3O3/c1-18-5-2-3-7-21(18)22-16-26(11-14-29-22)23(25-15-19-9-13-27-17-19)24-10-8-20-6-4-12-28-20/h2-7,12,19,22H,8-11,13-17H2,1H3,(H,24,25). The van der Waals surface area contributed by atoms with E-state index in [-0.39, 0.29) is 6.10 Å². The Hall–Kier alpha value is -2.31. The van der Waals surface area contributed by atoms with Crippen LogP contribution < -0.4 is 5.32 Å². The molecule has 0 spiro atoms. The first kappa shape index (κ1) is 20.0. The second kappa shape index (κ2) is 9.94. The molecule has 0 aliphatic carbocycles. The molecule has 2 aliphatic heterocycles. The fraction of sp³-hybridized carbons (Fsp3) is 0.522. The van der Waals surface area contributed by atoms with Gasteiger partial charge >= 0.3 is 0 Å². The topological polar surface area (TPSA) is 59.2 Å². The van der Waals surface area contributed by atoms with Crippen LogP contribution in [0, 0.1) is 12.8 Å². The Bertz CT molecular complexity index is 784. The van der Waals surface area contributed by atoms with Crippen LogP contribution in [0.2, 0.25) is 0 Å². The third-order valence-corrected chi connectivity index (χ3v) is 5.66. The zero-order valence-electron chi connectivity index (χ0n) is 17.2. The van der Waals surface area contributed by atoms with E-state index in [2.05, 4.69) is 41.4 Å². The molecular formula is C23H31N3O3. The van der Waals surface area contributed by atoms with Crippen molar-refractivity contribution in [3.05, 3.63) is 59.5 Å². The Kier molecular flexibility index (Phi) is 6.85. The summed E-state index contributed by atoms with van der Waals surface area (Å²) in [5.74, 6) is 2.47. The third kappa shape index (κ3) is 5.40. The zero-order chi connectivity index (χ0) is 19.9. The Morgan fingerprint density at radius 1 is 1.21 bits per heavy atom. The van der Waals surface area contributed by atoms with Crippen molar-refractivity contribution in [3.8, 4) is 0 Å². The number of benzene rings is 1. The minimum absolute atomic E-state index is 0.0665. The summed E-state index contributed by atoms with van der Waals surface area (Å²) in [5.41, 5.74) is 2.53. The van der Waals surface area contributed by atoms with E-state index in [4.69, 9.17) is 18.9 Å². The maximum atomic E-state index is 6.11. The molecule has 6 heteroatoms. The monoisotopic (exact) mass is 397 g/mol. The van der Waals surface area contributed by atoms with Crippen LogP contribution in [-0.4, -0.2) is 56.9 Å². The summed E-state index contributed by atoms with van der Waals surface area (Å²) in [6, 6.07) is 12.4. The van der Waals surface area contributed by atoms with E-state index in [1.807, 2.05) is 12.1 Å². The number of nitrogens with zero attached hydrogens (tertiary/aromatic N) is 2. The summed E-state index contributed by atoms with van der Waals surface area (Å²) in [6.45, 7) is 7.76. The van der Waals surface area contributed by atoms with Crippen molar-refractivity contribution in [2.24, 2.45) is 10.9 Å². The lowest BCUT2D eigenvalue weighted by Crippen LogP contribution is -2.49. The van der Waals surface area contributed by atoms with Crippen molar-refractivity contribution >= 4 is 5.96 Å². The summed E-state index contributed by atoms with van der Waals surface area (Å²) in [5, 5.41) is 3.56. The van der Waals surface area contributed by atoms with Gasteiger partial charge in [-0.05, 0) is 36.6 Å². The van der Waals surface area contributed by atoms with Gasteiger partial charge in [-0.15, -0.1) is 0 Å². The number of morpholine rings is 1. The van der Waals surface area contributed by atoms with Gasteiger partial charge in [-0.1, -0.05) is 24.3 Å². The van der Waals surface area contributed by atoms with E-state index in [1.54, 1.807) is 6.26 Å². The molecule has 3 heterocycles. The van der Waals surface area contributed by atoms with Gasteiger partial charge in [0.2, 0.25) is 0 Å². The molecule has 2 aliphatic rings. The Balaban J connectivity index is 1.43. The van der Waals surface area contributed by atoms with Gasteiger partial charge in [-0.25, -0.2) is 0 Å². The van der Waals surface area contributed by atoms with Gasteiger partial charge in [0.1, 0.15) is 11.9 Å². The number of hydrogen-bond acceptors (Lipinski definition) is 4. The fourth-order valence-corrected chi connectivity index (χ4v) is 3.94. The largest absolute Gasteiger partial charge is 0.469 e. The van der Waals surface area contributed by atoms with E-state index >= 15 is 0 Å². The van der Waals surface area contributed by atoms with Crippen LogP contribution in [0.5, 0.6) is 0 Å². The molecule has 1 aromatic heterocycles. The molecule has 0 saturated carbocycles. The van der Waals surface area contributed by atoms with E-state index in [1.165, 1.54) is 11.1 Å². The predicted molar refractivity (Wildman–Crippen MR) is 113 cm³/mol. The summed E-state index contributed by atoms with van der Waals surface area (Å²) in [4.78, 5) is 7.30. The second-order valence-corrected chi connectivity index (χ2v) is 7.81. The summed E-state index contributed by atoms with van der Waals surface area (Å²) < 4.78 is 17.1. The van der Waals surface area contributed by atoms with Gasteiger partial charge < -0.3 is 24.1 Å². The van der Waals surface area contributed by atoms with Crippen LogP contribution in [-0.2, 0) is 15.9 Å². The predicted octanol–water partition coefficient (Wildman–Crippen LogP) is 3.19. The van der Waals surface area contributed by atoms with E-state index < -0.39 is 0 Å². The average molecular weight is 398 g/mol. The minimum atomic E-state index is 0.0665. The van der Waals surface area contributed by atoms with Crippen LogP contribution in [0.4, 0.5) is 0 Å². The Morgan fingerprint density at radius 3 is 2.93 bits per heavy atom. The molecule has 2 aromatic rings. The lowest BCUT2D eigenvalue weighted by atomic mass is 10.0. The quantitative estimate of drug-likeness (QED) is 0.599. The van der Waals surface area contributed by atoms with Gasteiger partial charge in [0.05, 0.1) is 26.0 Å². The lowest BCUT2D eigenvalue weighted by Gasteiger charge is -2.36. The highest BCUT2D eigenvalue weighted by atomic mass is 16.5. The van der Waals surface area contributed by atoms with Crippen molar-refractivity contribution in [3.63, 3.8) is 0 Å². The molecule has 4 rings (SSSR count). The normalized spacial score (nSPS) is 22.8. The number of aryl methyl sites for hydroxylation is 1. The second-order valence-electron chi connectivity index (χ2n) is 7.81. The van der Waals surface area contributed by atoms with Crippen molar-refractivity contribution < 1.29 is 13.9 Å². The van der Waals surface area contributed by atoms with Crippen LogP contribution in [0.15, 0.2) is 52.1 Å². The molecule has 0 amide bonds. The van der Waals surface area contributed by atoms with E-state index in [0.717, 1.165) is 64.0 Å². The van der Waals surface area contributed by atoms with Crippen molar-refractivity contribution in [1.82, 2.24) is 10.2 Å². The molecule has 2 atom stereocenters. The molecular weight excluding hydrogens is 366 g/mol. The number of ether oxygens (including phenoxy) is 2. The van der Waals surface area contributed by atoms with Crippen LogP contribution in [0.1, 0.15) is 29.4 Å². The van der Waals surface area contributed by atoms with Crippen LogP contribution in [0.3, 0.4) is 0 Å². The number of rotatable bonds is 6. The maximum absolute atomic E-state index is 6.11. The average Bonchev–Trinajstić information content (AvgIpc) is 3.45. The number of hydrogen-bond donors (Lipinski definition) is 1. The third-order valence-electron chi connectivity index (χ3n) is 5.66. The number of furan rings is 1. The number of nitrogens with one attached hydrogen (secondary N) is 1. The molecule has 29 heavy (non-hydrogen) atoms. The SMILES string of the molecule is Cc1ccccc1C1CN(C(=NCC2CCOC2)NCCc2ccco2)CCO1. The molecule has 1 N–H and O–H groups in total. The van der Waals surface area contributed by atoms with Gasteiger partial charge in [0.15, 0.2) is 5.96 Å². The fourth-order valence-electron chi connectivity index (χ4n) is 3.94. The lowest BCUT2D eigenvalue weighted by molar-refractivity contribution is -0.00837. The molecule has 2 unspecified atom stereocenters. The minimum Gasteiger partial charge on any atom is -0.469 e. The molecule has 0 radical (unpaired) electrons. The zero-order valence-corrected chi connectivity index (χ0v) is 17.2. The van der Waals surface area contributed by atoms with Gasteiger partial charge in [0.25, 0.3) is 0 Å². The highest BCUT2D eigenvalue weighted by Crippen LogP contribution is 2.25. The summed E-state index contributed by atoms with van der Waals surface area (Å²) in [7, 11) is 0. The Morgan fingerprint density at radius 2 is 2.14 bits per heavy atom. The van der Waals surface area contributed by atoms with Crippen molar-refractivity contribution in [2.45, 2.75) is 25.9 Å². The van der Waals surface area contributed by atoms with Crippen molar-refractivity contribution in [1.29, 1.82) is 0 Å². The van der Waals surface area contributed by atoms with E-state index in [0.29, 0.717) is 12.5 Å². The molecule has 2 saturated heterocycles. The summed E-state index contributed by atoms with van der Waals surface area (Å²) >= 11 is 0.